The van der Waals surface area contributed by atoms with Crippen LogP contribution < -0.4 is 5.11 Å². The monoisotopic (exact) mass is 269 g/mol. The highest BCUT2D eigenvalue weighted by atomic mass is 35.5. The van der Waals surface area contributed by atoms with Crippen molar-refractivity contribution in [1.29, 1.82) is 5.26 Å². The largest absolute Gasteiger partial charge is 0.549 e. The van der Waals surface area contributed by atoms with Gasteiger partial charge in [-0.05, 0) is 26.3 Å². The minimum absolute atomic E-state index is 0.318. The molecule has 1 rings (SSSR count). The molecule has 0 unspecified atom stereocenters. The number of nitrogens with zero attached hydrogens (tertiary/aromatic N) is 2. The molecule has 17 heavy (non-hydrogen) atoms. The third-order valence-corrected chi connectivity index (χ3v) is 3.86. The van der Waals surface area contributed by atoms with E-state index in [0.717, 1.165) is 11.8 Å². The van der Waals surface area contributed by atoms with Gasteiger partial charge in [-0.3, -0.25) is 0 Å². The number of hydrogen-bond donors (Lipinski definition) is 0. The quantitative estimate of drug-likeness (QED) is 0.776. The van der Waals surface area contributed by atoms with Gasteiger partial charge >= 0.3 is 0 Å². The minimum atomic E-state index is -1.19. The van der Waals surface area contributed by atoms with Gasteiger partial charge in [0.05, 0.1) is 22.2 Å². The lowest BCUT2D eigenvalue weighted by atomic mass is 10.1. The van der Waals surface area contributed by atoms with Crippen LogP contribution in [0.2, 0.25) is 5.02 Å². The molecule has 0 aliphatic carbocycles. The molecule has 0 saturated heterocycles. The van der Waals surface area contributed by atoms with Gasteiger partial charge in [-0.15, -0.1) is 0 Å². The maximum absolute atomic E-state index is 10.7. The van der Waals surface area contributed by atoms with Gasteiger partial charge in [0.15, 0.2) is 0 Å². The number of aromatic nitrogens is 1. The van der Waals surface area contributed by atoms with Crippen LogP contribution in [-0.4, -0.2) is 16.2 Å². The predicted molar refractivity (Wildman–Crippen MR) is 63.8 cm³/mol. The third kappa shape index (κ3) is 2.90. The summed E-state index contributed by atoms with van der Waals surface area (Å²) in [5.41, 5.74) is 1.52. The zero-order valence-electron chi connectivity index (χ0n) is 9.57. The number of halogens is 1. The second-order valence-electron chi connectivity index (χ2n) is 3.51. The summed E-state index contributed by atoms with van der Waals surface area (Å²) in [6.45, 7) is 4.91. The maximum Gasteiger partial charge on any atom is 0.115 e. The highest BCUT2D eigenvalue weighted by molar-refractivity contribution is 8.00. The molecule has 0 amide bonds. The van der Waals surface area contributed by atoms with E-state index in [1.165, 1.54) is 6.92 Å². The Balaban J connectivity index is 3.25. The highest BCUT2D eigenvalue weighted by Gasteiger charge is 2.16. The lowest BCUT2D eigenvalue weighted by Gasteiger charge is -2.14. The van der Waals surface area contributed by atoms with E-state index >= 15 is 0 Å². The topological polar surface area (TPSA) is 76.8 Å². The van der Waals surface area contributed by atoms with E-state index in [2.05, 4.69) is 4.98 Å². The number of carboxylic acids is 1. The standard InChI is InChI=1S/C11H11ClN2O2S/c1-5-8(4-13)10(14-6(2)9(5)12)17-7(3)11(15)16/h7H,1-3H3,(H,15,16)/p-1/t7-/m1/s1. The van der Waals surface area contributed by atoms with Gasteiger partial charge in [0, 0.05) is 5.25 Å². The number of carboxylic acid groups (broad SMARTS) is 1. The first kappa shape index (κ1) is 13.8. The molecule has 0 bridgehead atoms. The Morgan fingerprint density at radius 3 is 2.65 bits per heavy atom. The van der Waals surface area contributed by atoms with Crippen molar-refractivity contribution in [3.05, 3.63) is 21.8 Å². The van der Waals surface area contributed by atoms with Gasteiger partial charge in [-0.25, -0.2) is 4.98 Å². The summed E-state index contributed by atoms with van der Waals surface area (Å²) in [5.74, 6) is -1.19. The predicted octanol–water partition coefficient (Wildman–Crippen LogP) is 1.45. The van der Waals surface area contributed by atoms with E-state index in [4.69, 9.17) is 16.9 Å². The van der Waals surface area contributed by atoms with Crippen LogP contribution >= 0.6 is 23.4 Å². The molecule has 0 aliphatic rings. The van der Waals surface area contributed by atoms with E-state index in [0.29, 0.717) is 26.9 Å². The molecular weight excluding hydrogens is 260 g/mol. The smallest absolute Gasteiger partial charge is 0.115 e. The fourth-order valence-electron chi connectivity index (χ4n) is 1.23. The molecule has 0 aliphatic heterocycles. The molecule has 4 nitrogen and oxygen atoms in total. The van der Waals surface area contributed by atoms with Crippen LogP contribution in [0.4, 0.5) is 0 Å². The minimum Gasteiger partial charge on any atom is -0.549 e. The van der Waals surface area contributed by atoms with Crippen molar-refractivity contribution in [3.8, 4) is 6.07 Å². The second-order valence-corrected chi connectivity index (χ2v) is 5.21. The van der Waals surface area contributed by atoms with Gasteiger partial charge in [-0.2, -0.15) is 5.26 Å². The fourth-order valence-corrected chi connectivity index (χ4v) is 2.31. The van der Waals surface area contributed by atoms with Gasteiger partial charge < -0.3 is 9.90 Å². The van der Waals surface area contributed by atoms with Crippen molar-refractivity contribution in [2.45, 2.75) is 31.0 Å². The van der Waals surface area contributed by atoms with Crippen LogP contribution in [0.25, 0.3) is 0 Å². The highest BCUT2D eigenvalue weighted by Crippen LogP contribution is 2.31. The van der Waals surface area contributed by atoms with Gasteiger partial charge in [0.25, 0.3) is 0 Å². The summed E-state index contributed by atoms with van der Waals surface area (Å²) in [6, 6.07) is 2.00. The molecule has 0 fully saturated rings. The molecule has 6 heteroatoms. The number of hydrogen-bond acceptors (Lipinski definition) is 5. The summed E-state index contributed by atoms with van der Waals surface area (Å²) < 4.78 is 0. The molecule has 0 spiro atoms. The average molecular weight is 270 g/mol. The van der Waals surface area contributed by atoms with E-state index in [1.807, 2.05) is 6.07 Å². The van der Waals surface area contributed by atoms with Crippen LogP contribution in [-0.2, 0) is 4.79 Å². The van der Waals surface area contributed by atoms with Crippen LogP contribution in [0, 0.1) is 25.2 Å². The number of nitriles is 1. The van der Waals surface area contributed by atoms with Crippen LogP contribution in [0.1, 0.15) is 23.7 Å². The number of rotatable bonds is 3. The van der Waals surface area contributed by atoms with Crippen molar-refractivity contribution in [3.63, 3.8) is 0 Å². The van der Waals surface area contributed by atoms with Crippen molar-refractivity contribution < 1.29 is 9.90 Å². The molecule has 0 saturated carbocycles. The molecular formula is C11H10ClN2O2S-. The van der Waals surface area contributed by atoms with Crippen LogP contribution in [0.3, 0.4) is 0 Å². The number of carbonyl (C=O) groups excluding carboxylic acids is 1. The number of carbonyl (C=O) groups is 1. The number of pyridine rings is 1. The van der Waals surface area contributed by atoms with Crippen molar-refractivity contribution in [2.75, 3.05) is 0 Å². The number of aryl methyl sites for hydroxylation is 1. The zero-order valence-corrected chi connectivity index (χ0v) is 11.1. The lowest BCUT2D eigenvalue weighted by molar-refractivity contribution is -0.304. The van der Waals surface area contributed by atoms with Gasteiger partial charge in [0.1, 0.15) is 11.1 Å². The number of aliphatic carboxylic acids is 1. The Morgan fingerprint density at radius 1 is 1.59 bits per heavy atom. The summed E-state index contributed by atoms with van der Waals surface area (Å²) in [7, 11) is 0. The average Bonchev–Trinajstić information content (AvgIpc) is 2.26. The molecule has 90 valence electrons. The Kier molecular flexibility index (Phi) is 4.38. The molecule has 0 N–H and O–H groups in total. The summed E-state index contributed by atoms with van der Waals surface area (Å²) in [6.07, 6.45) is 0. The van der Waals surface area contributed by atoms with E-state index in [1.54, 1.807) is 13.8 Å². The first-order valence-corrected chi connectivity index (χ1v) is 6.08. The fraction of sp³-hybridized carbons (Fsp3) is 0.364. The normalized spacial score (nSPS) is 11.9. The van der Waals surface area contributed by atoms with E-state index < -0.39 is 11.2 Å². The van der Waals surface area contributed by atoms with Crippen molar-refractivity contribution in [2.24, 2.45) is 0 Å². The lowest BCUT2D eigenvalue weighted by Crippen LogP contribution is -2.31. The maximum atomic E-state index is 10.7. The molecule has 1 atom stereocenters. The summed E-state index contributed by atoms with van der Waals surface area (Å²) >= 11 is 6.97. The van der Waals surface area contributed by atoms with Crippen molar-refractivity contribution >= 4 is 29.3 Å². The first-order chi connectivity index (χ1) is 7.88. The zero-order chi connectivity index (χ0) is 13.2. The van der Waals surface area contributed by atoms with Crippen molar-refractivity contribution in [1.82, 2.24) is 4.98 Å². The van der Waals surface area contributed by atoms with E-state index in [-0.39, 0.29) is 0 Å². The van der Waals surface area contributed by atoms with Gasteiger partial charge in [0.2, 0.25) is 0 Å². The number of thioether (sulfide) groups is 1. The SMILES string of the molecule is Cc1nc(S[C@H](C)C(=O)[O-])c(C#N)c(C)c1Cl. The molecule has 1 heterocycles. The molecule has 0 aromatic carbocycles. The molecule has 1 aromatic rings. The Bertz CT molecular complexity index is 511. The van der Waals surface area contributed by atoms with E-state index in [9.17, 15) is 9.90 Å². The van der Waals surface area contributed by atoms with Crippen LogP contribution in [0.5, 0.6) is 0 Å². The van der Waals surface area contributed by atoms with Crippen LogP contribution in [0.15, 0.2) is 5.03 Å². The third-order valence-electron chi connectivity index (χ3n) is 2.24. The first-order valence-electron chi connectivity index (χ1n) is 4.82. The second kappa shape index (κ2) is 5.39. The Morgan fingerprint density at radius 2 is 2.18 bits per heavy atom. The van der Waals surface area contributed by atoms with Gasteiger partial charge in [-0.1, -0.05) is 23.4 Å². The Labute approximate surface area is 109 Å². The summed E-state index contributed by atoms with van der Waals surface area (Å²) in [5, 5.41) is 19.8. The summed E-state index contributed by atoms with van der Waals surface area (Å²) in [4.78, 5) is 14.8. The Hall–Kier alpha value is -1.25. The molecule has 1 aromatic heterocycles. The molecule has 0 radical (unpaired) electrons.